The highest BCUT2D eigenvalue weighted by Crippen LogP contribution is 2.12. The van der Waals surface area contributed by atoms with Gasteiger partial charge in [0.25, 0.3) is 0 Å². The molecule has 0 saturated heterocycles. The van der Waals surface area contributed by atoms with Crippen molar-refractivity contribution in [1.29, 1.82) is 0 Å². The Labute approximate surface area is 555 Å². The van der Waals surface area contributed by atoms with Gasteiger partial charge in [-0.3, -0.25) is 83.1 Å². The van der Waals surface area contributed by atoms with E-state index in [-0.39, 0.29) is 202 Å². The predicted molar refractivity (Wildman–Crippen MR) is 366 cm³/mol. The fraction of sp³-hybridized carbons (Fsp3) is 0.667. The summed E-state index contributed by atoms with van der Waals surface area (Å²) in [5.74, 6) is -10.3. The summed E-state index contributed by atoms with van der Waals surface area (Å²) in [5.41, 5.74) is 100. The standard InChI is InChI=1S/C51H104N34O9S/c52-26(9-1-17-70-44(54)55)36(87)78-27(10-2-18-71-45(56)57)37(88)79-28(11-3-19-72-46(58)59)38(89)80-29(12-4-20-73-47(60)61)39(90)81-30(13-5-21-74-48(62)63)40(91)82-31(14-6-22-75-49(64)65)41(92)83-32(15-7-23-76-50(66)67)42(93)84-33(16-8-24-77-51(68)69)43(94)85-34(25-95)35(53)86/h26-34,95H,1-25,52H2,(H2,53,86)(H,78,87)(H,79,88)(H,80,89)(H,81,90)(H,82,91)(H,83,92)(H,84,93)(H,85,94)(H4,54,55,70)(H4,56,57,71)(H4,58,59,72)(H4,60,61,73)(H4,62,63,74)(H4,64,65,75)(H4,66,67,76)(H4,68,69,77)/t26-,27-,28-,29-,30-,31-,32-,33-,34-/m0/s1. The number of nitrogens with two attached hydrogens (primary N) is 18. The van der Waals surface area contributed by atoms with Crippen molar-refractivity contribution in [3.63, 3.8) is 0 Å². The molecule has 0 bridgehead atoms. The lowest BCUT2D eigenvalue weighted by Gasteiger charge is -2.28. The molecule has 9 atom stereocenters. The molecule has 0 aliphatic heterocycles. The van der Waals surface area contributed by atoms with Crippen LogP contribution in [0.25, 0.3) is 0 Å². The van der Waals surface area contributed by atoms with Crippen LogP contribution in [0.5, 0.6) is 0 Å². The second-order valence-electron chi connectivity index (χ2n) is 21.3. The number of nitrogens with zero attached hydrogens (tertiary/aromatic N) is 8. The number of aliphatic imine (C=N–C) groups is 8. The number of carbonyl (C=O) groups excluding carboxylic acids is 9. The molecule has 0 unspecified atom stereocenters. The molecule has 0 saturated carbocycles. The molecule has 43 nitrogen and oxygen atoms in total. The fourth-order valence-electron chi connectivity index (χ4n) is 8.45. The van der Waals surface area contributed by atoms with Crippen molar-refractivity contribution in [2.75, 3.05) is 58.1 Å². The summed E-state index contributed by atoms with van der Waals surface area (Å²) in [7, 11) is 0. The van der Waals surface area contributed by atoms with Crippen molar-refractivity contribution in [2.24, 2.45) is 143 Å². The zero-order chi connectivity index (χ0) is 72.0. The maximum atomic E-state index is 14.7. The van der Waals surface area contributed by atoms with E-state index in [1.54, 1.807) is 0 Å². The smallest absolute Gasteiger partial charge is 0.243 e. The Kier molecular flexibility index (Phi) is 43.2. The Morgan fingerprint density at radius 1 is 0.242 bits per heavy atom. The minimum Gasteiger partial charge on any atom is -0.370 e. The van der Waals surface area contributed by atoms with E-state index < -0.39 is 108 Å². The Morgan fingerprint density at radius 3 is 0.537 bits per heavy atom. The molecule has 0 aromatic carbocycles. The van der Waals surface area contributed by atoms with Crippen LogP contribution in [0.4, 0.5) is 0 Å². The maximum Gasteiger partial charge on any atom is 0.243 e. The van der Waals surface area contributed by atoms with Crippen LogP contribution < -0.4 is 146 Å². The van der Waals surface area contributed by atoms with Crippen LogP contribution in [0.3, 0.4) is 0 Å². The van der Waals surface area contributed by atoms with E-state index >= 15 is 0 Å². The fourth-order valence-corrected chi connectivity index (χ4v) is 8.72. The number of hydrogen-bond acceptors (Lipinski definition) is 19. The Bertz CT molecular complexity index is 2680. The number of primary amides is 1. The third-order valence-electron chi connectivity index (χ3n) is 13.2. The van der Waals surface area contributed by atoms with Gasteiger partial charge < -0.3 is 146 Å². The lowest BCUT2D eigenvalue weighted by Crippen LogP contribution is -2.60. The molecule has 0 aromatic heterocycles. The van der Waals surface area contributed by atoms with Gasteiger partial charge in [-0.25, -0.2) is 0 Å². The molecule has 0 fully saturated rings. The monoisotopic (exact) mass is 1370 g/mol. The van der Waals surface area contributed by atoms with Crippen LogP contribution in [0.15, 0.2) is 39.9 Å². The van der Waals surface area contributed by atoms with Gasteiger partial charge in [0.1, 0.15) is 48.3 Å². The third-order valence-corrected chi connectivity index (χ3v) is 13.6. The van der Waals surface area contributed by atoms with E-state index in [1.807, 2.05) is 0 Å². The van der Waals surface area contributed by atoms with Gasteiger partial charge in [-0.2, -0.15) is 12.6 Å². The Morgan fingerprint density at radius 2 is 0.389 bits per heavy atom. The van der Waals surface area contributed by atoms with Crippen molar-refractivity contribution >= 4 is 113 Å². The highest BCUT2D eigenvalue weighted by Gasteiger charge is 2.35. The number of nitrogens with one attached hydrogen (secondary N) is 8. The lowest BCUT2D eigenvalue weighted by molar-refractivity contribution is -0.136. The molecule has 538 valence electrons. The van der Waals surface area contributed by atoms with Gasteiger partial charge in [0.15, 0.2) is 47.7 Å². The van der Waals surface area contributed by atoms with Gasteiger partial charge >= 0.3 is 0 Å². The number of amides is 9. The van der Waals surface area contributed by atoms with E-state index in [2.05, 4.69) is 95.1 Å². The van der Waals surface area contributed by atoms with Crippen molar-refractivity contribution in [2.45, 2.75) is 157 Å². The maximum absolute atomic E-state index is 14.7. The number of carbonyl (C=O) groups is 9. The predicted octanol–water partition coefficient (Wildman–Crippen LogP) is -13.0. The number of guanidine groups is 8. The van der Waals surface area contributed by atoms with E-state index in [4.69, 9.17) is 103 Å². The van der Waals surface area contributed by atoms with E-state index in [0.29, 0.717) is 6.42 Å². The van der Waals surface area contributed by atoms with Gasteiger partial charge in [-0.1, -0.05) is 0 Å². The molecule has 0 rings (SSSR count). The summed E-state index contributed by atoms with van der Waals surface area (Å²) in [6.45, 7) is 0.0213. The van der Waals surface area contributed by atoms with Crippen LogP contribution in [0.2, 0.25) is 0 Å². The summed E-state index contributed by atoms with van der Waals surface area (Å²) < 4.78 is 0. The molecule has 44 N–H and O–H groups in total. The number of rotatable bonds is 50. The quantitative estimate of drug-likeness (QED) is 0.0116. The summed E-state index contributed by atoms with van der Waals surface area (Å²) in [6.07, 6.45) is -0.0983. The number of hydrogen-bond donors (Lipinski definition) is 27. The first-order valence-corrected chi connectivity index (χ1v) is 30.9. The Hall–Kier alpha value is -10.3. The first-order valence-electron chi connectivity index (χ1n) is 30.3. The van der Waals surface area contributed by atoms with E-state index in [9.17, 15) is 43.2 Å². The van der Waals surface area contributed by atoms with Crippen LogP contribution in [-0.4, -0.2) is 213 Å². The van der Waals surface area contributed by atoms with Crippen LogP contribution in [-0.2, 0) is 43.2 Å². The normalized spacial score (nSPS) is 13.5. The van der Waals surface area contributed by atoms with Crippen molar-refractivity contribution < 1.29 is 43.2 Å². The molecule has 0 aliphatic rings. The average molecular weight is 1370 g/mol. The van der Waals surface area contributed by atoms with Crippen LogP contribution >= 0.6 is 12.6 Å². The molecule has 9 amide bonds. The molecular weight excluding hydrogens is 1260 g/mol. The average Bonchev–Trinajstić information content (AvgIpc) is 1.08. The van der Waals surface area contributed by atoms with Crippen LogP contribution in [0.1, 0.15) is 103 Å². The molecule has 0 radical (unpaired) electrons. The highest BCUT2D eigenvalue weighted by atomic mass is 32.1. The summed E-state index contributed by atoms with van der Waals surface area (Å²) in [6, 6.07) is -12.6. The van der Waals surface area contributed by atoms with Crippen molar-refractivity contribution in [3.05, 3.63) is 0 Å². The van der Waals surface area contributed by atoms with Gasteiger partial charge in [-0.05, 0) is 103 Å². The lowest BCUT2D eigenvalue weighted by atomic mass is 10.0. The topological polar surface area (TPSA) is 817 Å². The third kappa shape index (κ3) is 41.7. The second kappa shape index (κ2) is 48.4. The van der Waals surface area contributed by atoms with Crippen molar-refractivity contribution in [1.82, 2.24) is 42.5 Å². The zero-order valence-electron chi connectivity index (χ0n) is 53.5. The van der Waals surface area contributed by atoms with E-state index in [0.717, 1.165) is 0 Å². The Balaban J connectivity index is 7.68. The minimum absolute atomic E-state index is 0.0198. The zero-order valence-corrected chi connectivity index (χ0v) is 54.4. The molecule has 0 aliphatic carbocycles. The molecule has 0 aromatic rings. The molecular formula is C51H104N34O9S. The van der Waals surface area contributed by atoms with Crippen LogP contribution in [0, 0.1) is 0 Å². The van der Waals surface area contributed by atoms with Gasteiger partial charge in [0.05, 0.1) is 6.04 Å². The molecule has 44 heteroatoms. The summed E-state index contributed by atoms with van der Waals surface area (Å²) >= 11 is 4.08. The summed E-state index contributed by atoms with van der Waals surface area (Å²) in [5, 5.41) is 20.9. The van der Waals surface area contributed by atoms with Gasteiger partial charge in [0, 0.05) is 58.1 Å². The van der Waals surface area contributed by atoms with Crippen molar-refractivity contribution in [3.8, 4) is 0 Å². The first-order chi connectivity index (χ1) is 44.8. The molecule has 0 spiro atoms. The molecule has 0 heterocycles. The molecule has 95 heavy (non-hydrogen) atoms. The number of thiol groups is 1. The second-order valence-corrected chi connectivity index (χ2v) is 21.6. The van der Waals surface area contributed by atoms with E-state index in [1.165, 1.54) is 0 Å². The van der Waals surface area contributed by atoms with Gasteiger partial charge in [0.2, 0.25) is 53.2 Å². The largest absolute Gasteiger partial charge is 0.370 e. The SMILES string of the molecule is NC(=O)[C@H](CS)NC(=O)[C@H](CCCN=C(N)N)NC(=O)[C@H](CCCN=C(N)N)NC(=O)[C@H](CCCN=C(N)N)NC(=O)[C@H](CCCN=C(N)N)NC(=O)[C@H](CCCN=C(N)N)NC(=O)[C@H](CCCN=C(N)N)NC(=O)[C@H](CCCN=C(N)N)NC(=O)[C@@H](N)CCCN=C(N)N. The van der Waals surface area contributed by atoms with Gasteiger partial charge in [-0.15, -0.1) is 0 Å². The summed E-state index contributed by atoms with van der Waals surface area (Å²) in [4.78, 5) is 158. The minimum atomic E-state index is -1.54. The highest BCUT2D eigenvalue weighted by molar-refractivity contribution is 7.80. The first kappa shape index (κ1) is 84.7.